The van der Waals surface area contributed by atoms with Gasteiger partial charge in [0.1, 0.15) is 11.5 Å². The van der Waals surface area contributed by atoms with E-state index in [1.54, 1.807) is 20.3 Å². The number of hydrogen-bond donors (Lipinski definition) is 1. The first kappa shape index (κ1) is 14.3. The summed E-state index contributed by atoms with van der Waals surface area (Å²) >= 11 is 0. The molecular weight excluding hydrogens is 234 g/mol. The van der Waals surface area contributed by atoms with Crippen molar-refractivity contribution >= 4 is 5.97 Å². The van der Waals surface area contributed by atoms with Gasteiger partial charge in [0, 0.05) is 12.6 Å². The summed E-state index contributed by atoms with van der Waals surface area (Å²) < 4.78 is 10.4. The van der Waals surface area contributed by atoms with Gasteiger partial charge in [-0.15, -0.1) is 0 Å². The van der Waals surface area contributed by atoms with Gasteiger partial charge < -0.3 is 14.6 Å². The van der Waals surface area contributed by atoms with Crippen LogP contribution in [-0.2, 0) is 11.3 Å². The highest BCUT2D eigenvalue weighted by molar-refractivity contribution is 5.69. The number of methoxy groups -OCH3 is 2. The maximum Gasteiger partial charge on any atom is 0.317 e. The van der Waals surface area contributed by atoms with Gasteiger partial charge in [-0.2, -0.15) is 0 Å². The summed E-state index contributed by atoms with van der Waals surface area (Å²) in [4.78, 5) is 12.5. The molecule has 1 rings (SSSR count). The van der Waals surface area contributed by atoms with Crippen LogP contribution in [0.1, 0.15) is 12.5 Å². The van der Waals surface area contributed by atoms with Crippen molar-refractivity contribution in [1.82, 2.24) is 4.90 Å². The largest absolute Gasteiger partial charge is 0.497 e. The van der Waals surface area contributed by atoms with Crippen molar-refractivity contribution in [2.24, 2.45) is 0 Å². The average molecular weight is 253 g/mol. The Kier molecular flexibility index (Phi) is 5.45. The Bertz CT molecular complexity index is 384. The zero-order chi connectivity index (χ0) is 13.5. The molecule has 0 unspecified atom stereocenters. The number of likely N-dealkylation sites (N-methyl/N-ethyl adjacent to an activating group) is 1. The van der Waals surface area contributed by atoms with Gasteiger partial charge in [-0.25, -0.2) is 0 Å². The zero-order valence-corrected chi connectivity index (χ0v) is 11.0. The molecule has 0 fully saturated rings. The standard InChI is InChI=1S/C13H19NO4/c1-4-14(9-13(15)16)8-10-5-11(17-2)7-12(6-10)18-3/h5-7H,4,8-9H2,1-3H3,(H,15,16). The number of carbonyl (C=O) groups is 1. The van der Waals surface area contributed by atoms with Crippen molar-refractivity contribution in [2.75, 3.05) is 27.3 Å². The monoisotopic (exact) mass is 253 g/mol. The molecule has 1 aromatic carbocycles. The first-order chi connectivity index (χ1) is 8.58. The Hall–Kier alpha value is -1.75. The number of carboxylic acids is 1. The summed E-state index contributed by atoms with van der Waals surface area (Å²) in [7, 11) is 3.18. The summed E-state index contributed by atoms with van der Waals surface area (Å²) in [5.74, 6) is 0.582. The van der Waals surface area contributed by atoms with Gasteiger partial charge in [-0.3, -0.25) is 9.69 Å². The van der Waals surface area contributed by atoms with Gasteiger partial charge in [0.2, 0.25) is 0 Å². The van der Waals surface area contributed by atoms with Crippen LogP contribution in [0, 0.1) is 0 Å². The van der Waals surface area contributed by atoms with Crippen molar-refractivity contribution in [1.29, 1.82) is 0 Å². The molecule has 100 valence electrons. The molecule has 5 heteroatoms. The zero-order valence-electron chi connectivity index (χ0n) is 11.0. The van der Waals surface area contributed by atoms with Crippen LogP contribution in [0.4, 0.5) is 0 Å². The Morgan fingerprint density at radius 1 is 1.22 bits per heavy atom. The van der Waals surface area contributed by atoms with E-state index in [1.807, 2.05) is 24.0 Å². The lowest BCUT2D eigenvalue weighted by atomic mass is 10.2. The minimum Gasteiger partial charge on any atom is -0.497 e. The van der Waals surface area contributed by atoms with Gasteiger partial charge in [0.05, 0.1) is 20.8 Å². The first-order valence-corrected chi connectivity index (χ1v) is 5.75. The fourth-order valence-electron chi connectivity index (χ4n) is 1.69. The van der Waals surface area contributed by atoms with E-state index in [2.05, 4.69) is 0 Å². The summed E-state index contributed by atoms with van der Waals surface area (Å²) in [5.41, 5.74) is 0.967. The van der Waals surface area contributed by atoms with Crippen LogP contribution in [0.2, 0.25) is 0 Å². The summed E-state index contributed by atoms with van der Waals surface area (Å²) in [6.07, 6.45) is 0. The van der Waals surface area contributed by atoms with Crippen molar-refractivity contribution < 1.29 is 19.4 Å². The molecule has 0 amide bonds. The van der Waals surface area contributed by atoms with Crippen LogP contribution in [0.25, 0.3) is 0 Å². The van der Waals surface area contributed by atoms with Crippen LogP contribution < -0.4 is 9.47 Å². The smallest absolute Gasteiger partial charge is 0.317 e. The molecule has 1 aromatic rings. The molecule has 0 bridgehead atoms. The van der Waals surface area contributed by atoms with E-state index in [1.165, 1.54) is 0 Å². The molecule has 0 radical (unpaired) electrons. The number of hydrogen-bond acceptors (Lipinski definition) is 4. The molecule has 0 saturated carbocycles. The third-order valence-electron chi connectivity index (χ3n) is 2.62. The SMILES string of the molecule is CCN(CC(=O)O)Cc1cc(OC)cc(OC)c1. The molecule has 18 heavy (non-hydrogen) atoms. The maximum atomic E-state index is 10.7. The third kappa shape index (κ3) is 4.25. The van der Waals surface area contributed by atoms with Gasteiger partial charge in [0.15, 0.2) is 0 Å². The highest BCUT2D eigenvalue weighted by Gasteiger charge is 2.10. The van der Waals surface area contributed by atoms with Crippen LogP contribution in [-0.4, -0.2) is 43.3 Å². The minimum atomic E-state index is -0.827. The van der Waals surface area contributed by atoms with Crippen LogP contribution >= 0.6 is 0 Å². The molecule has 0 aromatic heterocycles. The minimum absolute atomic E-state index is 0.0238. The molecule has 0 saturated heterocycles. The van der Waals surface area contributed by atoms with Gasteiger partial charge in [-0.1, -0.05) is 6.92 Å². The van der Waals surface area contributed by atoms with Gasteiger partial charge in [0.25, 0.3) is 0 Å². The molecule has 0 aliphatic rings. The van der Waals surface area contributed by atoms with E-state index in [9.17, 15) is 4.79 Å². The number of nitrogens with zero attached hydrogens (tertiary/aromatic N) is 1. The van der Waals surface area contributed by atoms with Crippen LogP contribution in [0.3, 0.4) is 0 Å². The molecule has 0 aliphatic heterocycles. The maximum absolute atomic E-state index is 10.7. The molecule has 0 atom stereocenters. The van der Waals surface area contributed by atoms with Crippen LogP contribution in [0.15, 0.2) is 18.2 Å². The fourth-order valence-corrected chi connectivity index (χ4v) is 1.69. The quantitative estimate of drug-likeness (QED) is 0.800. The summed E-state index contributed by atoms with van der Waals surface area (Å²) in [6.45, 7) is 3.18. The Morgan fingerprint density at radius 3 is 2.17 bits per heavy atom. The lowest BCUT2D eigenvalue weighted by molar-refractivity contribution is -0.138. The van der Waals surface area contributed by atoms with E-state index < -0.39 is 5.97 Å². The number of rotatable bonds is 7. The van der Waals surface area contributed by atoms with E-state index in [-0.39, 0.29) is 6.54 Å². The Morgan fingerprint density at radius 2 is 1.78 bits per heavy atom. The Balaban J connectivity index is 2.84. The molecule has 0 spiro atoms. The summed E-state index contributed by atoms with van der Waals surface area (Å²) in [5, 5.41) is 8.80. The first-order valence-electron chi connectivity index (χ1n) is 5.75. The highest BCUT2D eigenvalue weighted by Crippen LogP contribution is 2.23. The number of benzene rings is 1. The van der Waals surface area contributed by atoms with Crippen molar-refractivity contribution in [3.63, 3.8) is 0 Å². The second kappa shape index (κ2) is 6.86. The average Bonchev–Trinajstić information content (AvgIpc) is 2.36. The Labute approximate surface area is 107 Å². The van der Waals surface area contributed by atoms with Gasteiger partial charge >= 0.3 is 5.97 Å². The lowest BCUT2D eigenvalue weighted by Gasteiger charge is -2.18. The molecule has 0 aliphatic carbocycles. The van der Waals surface area contributed by atoms with Crippen molar-refractivity contribution in [3.05, 3.63) is 23.8 Å². The van der Waals surface area contributed by atoms with Crippen LogP contribution in [0.5, 0.6) is 11.5 Å². The van der Waals surface area contributed by atoms with E-state index in [4.69, 9.17) is 14.6 Å². The van der Waals surface area contributed by atoms with E-state index in [0.717, 1.165) is 5.56 Å². The van der Waals surface area contributed by atoms with E-state index in [0.29, 0.717) is 24.6 Å². The normalized spacial score (nSPS) is 10.4. The topological polar surface area (TPSA) is 59.0 Å². The van der Waals surface area contributed by atoms with Crippen molar-refractivity contribution in [3.8, 4) is 11.5 Å². The molecular formula is C13H19NO4. The van der Waals surface area contributed by atoms with Crippen molar-refractivity contribution in [2.45, 2.75) is 13.5 Å². The lowest BCUT2D eigenvalue weighted by Crippen LogP contribution is -2.29. The third-order valence-corrected chi connectivity index (χ3v) is 2.62. The fraction of sp³-hybridized carbons (Fsp3) is 0.462. The number of aliphatic carboxylic acids is 1. The second-order valence-electron chi connectivity index (χ2n) is 3.92. The number of ether oxygens (including phenoxy) is 2. The predicted octanol–water partition coefficient (Wildman–Crippen LogP) is 1.61. The van der Waals surface area contributed by atoms with E-state index >= 15 is 0 Å². The highest BCUT2D eigenvalue weighted by atomic mass is 16.5. The molecule has 5 nitrogen and oxygen atoms in total. The summed E-state index contributed by atoms with van der Waals surface area (Å²) in [6, 6.07) is 5.55. The number of carboxylic acid groups (broad SMARTS) is 1. The second-order valence-corrected chi connectivity index (χ2v) is 3.92. The van der Waals surface area contributed by atoms with Gasteiger partial charge in [-0.05, 0) is 24.2 Å². The molecule has 1 N–H and O–H groups in total. The predicted molar refractivity (Wildman–Crippen MR) is 68.1 cm³/mol. The molecule has 0 heterocycles.